The summed E-state index contributed by atoms with van der Waals surface area (Å²) < 4.78 is 6.88. The minimum Gasteiger partial charge on any atom is -0.486 e. The van der Waals surface area contributed by atoms with E-state index in [2.05, 4.69) is 44.8 Å². The highest BCUT2D eigenvalue weighted by atomic mass is 127. The maximum Gasteiger partial charge on any atom is 0.168 e. The van der Waals surface area contributed by atoms with E-state index in [0.717, 1.165) is 33.8 Å². The summed E-state index contributed by atoms with van der Waals surface area (Å²) >= 11 is 2.26. The van der Waals surface area contributed by atoms with Crippen molar-refractivity contribution < 1.29 is 4.74 Å². The molecule has 106 valence electrons. The van der Waals surface area contributed by atoms with Gasteiger partial charge in [-0.3, -0.25) is 0 Å². The topological polar surface area (TPSA) is 47.0 Å². The lowest BCUT2D eigenvalue weighted by atomic mass is 10.3. The maximum absolute atomic E-state index is 5.73. The summed E-state index contributed by atoms with van der Waals surface area (Å²) in [5.74, 6) is 2.40. The Morgan fingerprint density at radius 1 is 1.25 bits per heavy atom. The van der Waals surface area contributed by atoms with Gasteiger partial charge in [-0.2, -0.15) is 0 Å². The molecule has 0 aliphatic heterocycles. The van der Waals surface area contributed by atoms with Gasteiger partial charge in [-0.1, -0.05) is 13.0 Å². The number of halogens is 1. The molecule has 0 radical (unpaired) electrons. The molecular formula is C15H18IN3O. The van der Waals surface area contributed by atoms with Crippen molar-refractivity contribution in [1.29, 1.82) is 0 Å². The summed E-state index contributed by atoms with van der Waals surface area (Å²) in [7, 11) is 0. The van der Waals surface area contributed by atoms with Gasteiger partial charge in [-0.15, -0.1) is 0 Å². The Bertz CT molecular complexity index is 575. The number of ether oxygens (including phenoxy) is 1. The van der Waals surface area contributed by atoms with E-state index in [1.807, 2.05) is 37.3 Å². The highest BCUT2D eigenvalue weighted by Gasteiger charge is 2.03. The second kappa shape index (κ2) is 7.42. The standard InChI is InChI=1S/C15H18IN3O/c1-3-7-17-14-8-11(2)18-15(19-14)10-20-13-6-4-5-12(16)9-13/h4-6,8-9H,3,7,10H2,1-2H3,(H,17,18,19). The van der Waals surface area contributed by atoms with Gasteiger partial charge in [0.25, 0.3) is 0 Å². The third-order valence-corrected chi connectivity index (χ3v) is 3.29. The van der Waals surface area contributed by atoms with E-state index in [1.165, 1.54) is 0 Å². The predicted octanol–water partition coefficient (Wildman–Crippen LogP) is 3.79. The van der Waals surface area contributed by atoms with Crippen molar-refractivity contribution in [2.24, 2.45) is 0 Å². The van der Waals surface area contributed by atoms with Crippen LogP contribution in [-0.2, 0) is 6.61 Å². The van der Waals surface area contributed by atoms with E-state index in [0.29, 0.717) is 12.4 Å². The average Bonchev–Trinajstić information content (AvgIpc) is 2.42. The molecule has 2 aromatic rings. The van der Waals surface area contributed by atoms with Crippen molar-refractivity contribution in [2.45, 2.75) is 26.9 Å². The first kappa shape index (κ1) is 15.0. The van der Waals surface area contributed by atoms with Crippen LogP contribution in [0.2, 0.25) is 0 Å². The molecular weight excluding hydrogens is 365 g/mol. The summed E-state index contributed by atoms with van der Waals surface area (Å²) in [6.07, 6.45) is 1.07. The van der Waals surface area contributed by atoms with Crippen LogP contribution in [0.3, 0.4) is 0 Å². The molecule has 1 N–H and O–H groups in total. The first-order chi connectivity index (χ1) is 9.67. The van der Waals surface area contributed by atoms with Gasteiger partial charge < -0.3 is 10.1 Å². The molecule has 0 atom stereocenters. The van der Waals surface area contributed by atoms with E-state index in [4.69, 9.17) is 4.74 Å². The fraction of sp³-hybridized carbons (Fsp3) is 0.333. The Morgan fingerprint density at radius 2 is 2.10 bits per heavy atom. The summed E-state index contributed by atoms with van der Waals surface area (Å²) in [4.78, 5) is 8.86. The van der Waals surface area contributed by atoms with Crippen LogP contribution in [0.1, 0.15) is 24.9 Å². The number of benzene rings is 1. The number of anilines is 1. The SMILES string of the molecule is CCCNc1cc(C)nc(COc2cccc(I)c2)n1. The van der Waals surface area contributed by atoms with Gasteiger partial charge in [0.1, 0.15) is 18.2 Å². The maximum atomic E-state index is 5.73. The Balaban J connectivity index is 2.03. The molecule has 0 bridgehead atoms. The molecule has 0 spiro atoms. The predicted molar refractivity (Wildman–Crippen MR) is 89.0 cm³/mol. The third-order valence-electron chi connectivity index (χ3n) is 2.62. The van der Waals surface area contributed by atoms with Crippen LogP contribution in [-0.4, -0.2) is 16.5 Å². The average molecular weight is 383 g/mol. The van der Waals surface area contributed by atoms with Gasteiger partial charge in [0, 0.05) is 21.9 Å². The molecule has 1 aromatic carbocycles. The smallest absolute Gasteiger partial charge is 0.168 e. The number of nitrogens with zero attached hydrogens (tertiary/aromatic N) is 2. The van der Waals surface area contributed by atoms with Crippen molar-refractivity contribution >= 4 is 28.4 Å². The normalized spacial score (nSPS) is 10.3. The van der Waals surface area contributed by atoms with Crippen LogP contribution in [0.5, 0.6) is 5.75 Å². The first-order valence-electron chi connectivity index (χ1n) is 6.64. The summed E-state index contributed by atoms with van der Waals surface area (Å²) in [6.45, 7) is 5.38. The van der Waals surface area contributed by atoms with Gasteiger partial charge >= 0.3 is 0 Å². The Morgan fingerprint density at radius 3 is 2.85 bits per heavy atom. The summed E-state index contributed by atoms with van der Waals surface area (Å²) in [6, 6.07) is 9.89. The van der Waals surface area contributed by atoms with E-state index in [9.17, 15) is 0 Å². The Labute approximate surface area is 133 Å². The second-order valence-corrected chi connectivity index (χ2v) is 5.73. The van der Waals surface area contributed by atoms with Gasteiger partial charge in [0.05, 0.1) is 0 Å². The third kappa shape index (κ3) is 4.63. The lowest BCUT2D eigenvalue weighted by Crippen LogP contribution is -2.08. The van der Waals surface area contributed by atoms with Gasteiger partial charge in [0.2, 0.25) is 0 Å². The number of rotatable bonds is 6. The van der Waals surface area contributed by atoms with E-state index >= 15 is 0 Å². The van der Waals surface area contributed by atoms with Crippen LogP contribution in [0, 0.1) is 10.5 Å². The van der Waals surface area contributed by atoms with E-state index in [-0.39, 0.29) is 0 Å². The molecule has 0 amide bonds. The highest BCUT2D eigenvalue weighted by molar-refractivity contribution is 14.1. The summed E-state index contributed by atoms with van der Waals surface area (Å²) in [5, 5.41) is 3.27. The minimum atomic E-state index is 0.378. The molecule has 0 saturated carbocycles. The Kier molecular flexibility index (Phi) is 5.58. The Hall–Kier alpha value is -1.37. The molecule has 0 saturated heterocycles. The van der Waals surface area contributed by atoms with Crippen molar-refractivity contribution in [3.05, 3.63) is 45.4 Å². The van der Waals surface area contributed by atoms with Gasteiger partial charge in [0.15, 0.2) is 5.82 Å². The number of aryl methyl sites for hydroxylation is 1. The van der Waals surface area contributed by atoms with Crippen LogP contribution in [0.4, 0.5) is 5.82 Å². The zero-order valence-corrected chi connectivity index (χ0v) is 13.8. The molecule has 0 fully saturated rings. The second-order valence-electron chi connectivity index (χ2n) is 4.48. The van der Waals surface area contributed by atoms with Crippen LogP contribution >= 0.6 is 22.6 Å². The van der Waals surface area contributed by atoms with Gasteiger partial charge in [-0.05, 0) is 54.1 Å². The molecule has 20 heavy (non-hydrogen) atoms. The number of hydrogen-bond acceptors (Lipinski definition) is 4. The molecule has 1 aromatic heterocycles. The zero-order chi connectivity index (χ0) is 14.4. The number of hydrogen-bond donors (Lipinski definition) is 1. The van der Waals surface area contributed by atoms with Crippen molar-refractivity contribution in [1.82, 2.24) is 9.97 Å². The fourth-order valence-corrected chi connectivity index (χ4v) is 2.26. The minimum absolute atomic E-state index is 0.378. The van der Waals surface area contributed by atoms with Crippen LogP contribution < -0.4 is 10.1 Å². The van der Waals surface area contributed by atoms with E-state index in [1.54, 1.807) is 0 Å². The molecule has 2 rings (SSSR count). The lowest BCUT2D eigenvalue weighted by Gasteiger charge is -2.09. The van der Waals surface area contributed by atoms with Gasteiger partial charge in [-0.25, -0.2) is 9.97 Å². The molecule has 0 aliphatic carbocycles. The highest BCUT2D eigenvalue weighted by Crippen LogP contribution is 2.16. The first-order valence-corrected chi connectivity index (χ1v) is 7.72. The number of aromatic nitrogens is 2. The monoisotopic (exact) mass is 383 g/mol. The number of nitrogens with one attached hydrogen (secondary N) is 1. The van der Waals surface area contributed by atoms with Crippen LogP contribution in [0.15, 0.2) is 30.3 Å². The fourth-order valence-electron chi connectivity index (χ4n) is 1.74. The van der Waals surface area contributed by atoms with Crippen LogP contribution in [0.25, 0.3) is 0 Å². The molecule has 0 aliphatic rings. The van der Waals surface area contributed by atoms with Crippen molar-refractivity contribution in [2.75, 3.05) is 11.9 Å². The quantitative estimate of drug-likeness (QED) is 0.772. The molecule has 1 heterocycles. The largest absolute Gasteiger partial charge is 0.486 e. The van der Waals surface area contributed by atoms with E-state index < -0.39 is 0 Å². The summed E-state index contributed by atoms with van der Waals surface area (Å²) in [5.41, 5.74) is 0.944. The van der Waals surface area contributed by atoms with Crippen molar-refractivity contribution in [3.8, 4) is 5.75 Å². The van der Waals surface area contributed by atoms with Crippen molar-refractivity contribution in [3.63, 3.8) is 0 Å². The molecule has 4 nitrogen and oxygen atoms in total. The zero-order valence-electron chi connectivity index (χ0n) is 11.7. The molecule has 0 unspecified atom stereocenters. The molecule has 5 heteroatoms. The lowest BCUT2D eigenvalue weighted by molar-refractivity contribution is 0.295.